The van der Waals surface area contributed by atoms with E-state index in [9.17, 15) is 4.79 Å². The van der Waals surface area contributed by atoms with Gasteiger partial charge in [0, 0.05) is 34.9 Å². The molecule has 0 aliphatic carbocycles. The van der Waals surface area contributed by atoms with E-state index in [-0.39, 0.29) is 5.91 Å². The fraction of sp³-hybridized carbons (Fsp3) is 0.300. The summed E-state index contributed by atoms with van der Waals surface area (Å²) in [6, 6.07) is 11.5. The second-order valence-electron chi connectivity index (χ2n) is 6.14. The third-order valence-corrected chi connectivity index (χ3v) is 6.78. The number of hydrogen-bond donors (Lipinski definition) is 0. The van der Waals surface area contributed by atoms with Crippen molar-refractivity contribution in [3.8, 4) is 11.5 Å². The van der Waals surface area contributed by atoms with Crippen LogP contribution < -0.4 is 14.3 Å². The number of thiazole rings is 1. The van der Waals surface area contributed by atoms with Crippen molar-refractivity contribution in [2.45, 2.75) is 11.4 Å². The summed E-state index contributed by atoms with van der Waals surface area (Å²) in [5.41, 5.74) is 1.62. The minimum absolute atomic E-state index is 0.227. The Labute approximate surface area is 175 Å². The van der Waals surface area contributed by atoms with Crippen molar-refractivity contribution < 1.29 is 14.3 Å². The predicted octanol–water partition coefficient (Wildman–Crippen LogP) is 4.30. The summed E-state index contributed by atoms with van der Waals surface area (Å²) >= 11 is 4.92. The van der Waals surface area contributed by atoms with Gasteiger partial charge >= 0.3 is 0 Å². The molecule has 0 bridgehead atoms. The highest BCUT2D eigenvalue weighted by molar-refractivity contribution is 7.98. The largest absolute Gasteiger partial charge is 0.486 e. The highest BCUT2D eigenvalue weighted by atomic mass is 32.2. The van der Waals surface area contributed by atoms with Crippen molar-refractivity contribution >= 4 is 51.0 Å². The van der Waals surface area contributed by atoms with Crippen LogP contribution in [-0.4, -0.2) is 42.0 Å². The maximum atomic E-state index is 12.7. The van der Waals surface area contributed by atoms with Crippen LogP contribution >= 0.6 is 34.9 Å². The lowest BCUT2D eigenvalue weighted by Crippen LogP contribution is -2.18. The molecule has 0 N–H and O–H groups in total. The van der Waals surface area contributed by atoms with Crippen molar-refractivity contribution in [1.29, 1.82) is 0 Å². The van der Waals surface area contributed by atoms with Gasteiger partial charge in [0.05, 0.1) is 10.2 Å². The van der Waals surface area contributed by atoms with E-state index in [1.165, 1.54) is 11.3 Å². The van der Waals surface area contributed by atoms with Crippen LogP contribution in [0.25, 0.3) is 10.2 Å². The Hall–Kier alpha value is -1.90. The summed E-state index contributed by atoms with van der Waals surface area (Å²) in [6.45, 7) is 1.88. The summed E-state index contributed by atoms with van der Waals surface area (Å²) in [7, 11) is 0. The topological polar surface area (TPSA) is 52.8 Å². The smallest absolute Gasteiger partial charge is 0.279 e. The molecular formula is C20H20N2O3S3. The number of benzene rings is 2. The fourth-order valence-corrected chi connectivity index (χ4v) is 4.81. The molecule has 2 heterocycles. The van der Waals surface area contributed by atoms with E-state index in [0.29, 0.717) is 23.6 Å². The van der Waals surface area contributed by atoms with Gasteiger partial charge in [-0.25, -0.2) is 0 Å². The van der Waals surface area contributed by atoms with Crippen LogP contribution in [0, 0.1) is 0 Å². The zero-order chi connectivity index (χ0) is 19.5. The number of rotatable bonds is 5. The average molecular weight is 433 g/mol. The lowest BCUT2D eigenvalue weighted by molar-refractivity contribution is 0.0998. The van der Waals surface area contributed by atoms with Crippen LogP contribution in [0.3, 0.4) is 0 Å². The molecule has 28 heavy (non-hydrogen) atoms. The molecule has 1 amide bonds. The Morgan fingerprint density at radius 1 is 1.14 bits per heavy atom. The number of aromatic nitrogens is 1. The van der Waals surface area contributed by atoms with E-state index in [4.69, 9.17) is 9.47 Å². The Bertz CT molecular complexity index is 1070. The Morgan fingerprint density at radius 3 is 2.54 bits per heavy atom. The highest BCUT2D eigenvalue weighted by Gasteiger charge is 2.17. The van der Waals surface area contributed by atoms with Crippen LogP contribution in [0.1, 0.15) is 10.4 Å². The van der Waals surface area contributed by atoms with Gasteiger partial charge in [-0.2, -0.15) is 16.8 Å². The molecule has 3 aromatic rings. The lowest BCUT2D eigenvalue weighted by Gasteiger charge is -2.18. The van der Waals surface area contributed by atoms with E-state index >= 15 is 0 Å². The number of aryl methyl sites for hydroxylation is 1. The number of carbonyl (C=O) groups excluding carboxylic acids is 1. The summed E-state index contributed by atoms with van der Waals surface area (Å²) in [5, 5.41) is 0. The molecule has 0 saturated carbocycles. The molecule has 146 valence electrons. The molecule has 1 aromatic heterocycles. The maximum Gasteiger partial charge on any atom is 0.279 e. The molecule has 4 rings (SSSR count). The van der Waals surface area contributed by atoms with E-state index in [1.807, 2.05) is 42.7 Å². The van der Waals surface area contributed by atoms with Gasteiger partial charge < -0.3 is 14.0 Å². The number of fused-ring (bicyclic) bond motifs is 2. The average Bonchev–Trinajstić information content (AvgIpc) is 3.06. The van der Waals surface area contributed by atoms with Gasteiger partial charge in [-0.3, -0.25) is 4.79 Å². The number of carbonyl (C=O) groups is 1. The summed E-state index contributed by atoms with van der Waals surface area (Å²) < 4.78 is 14.6. The van der Waals surface area contributed by atoms with E-state index in [1.54, 1.807) is 23.5 Å². The molecule has 1 aliphatic heterocycles. The van der Waals surface area contributed by atoms with Crippen LogP contribution in [0.15, 0.2) is 46.3 Å². The molecule has 2 aromatic carbocycles. The normalized spacial score (nSPS) is 13.9. The SMILES string of the molecule is CSCCn1c(=NC(=O)c2ccc(SC)cc2)sc2cc3c(cc21)OCCO3. The monoisotopic (exact) mass is 432 g/mol. The van der Waals surface area contributed by atoms with Gasteiger partial charge in [-0.05, 0) is 36.8 Å². The molecule has 0 unspecified atom stereocenters. The minimum atomic E-state index is -0.227. The fourth-order valence-electron chi connectivity index (χ4n) is 2.98. The van der Waals surface area contributed by atoms with Gasteiger partial charge in [0.15, 0.2) is 16.3 Å². The third-order valence-electron chi connectivity index (χ3n) is 4.40. The van der Waals surface area contributed by atoms with Crippen molar-refractivity contribution in [2.75, 3.05) is 31.5 Å². The van der Waals surface area contributed by atoms with Gasteiger partial charge in [-0.15, -0.1) is 11.8 Å². The van der Waals surface area contributed by atoms with Crippen LogP contribution in [-0.2, 0) is 6.54 Å². The lowest BCUT2D eigenvalue weighted by atomic mass is 10.2. The molecule has 5 nitrogen and oxygen atoms in total. The van der Waals surface area contributed by atoms with Crippen molar-refractivity contribution in [3.63, 3.8) is 0 Å². The standard InChI is InChI=1S/C20H20N2O3S3/c1-26-10-7-22-15-11-16-17(25-9-8-24-16)12-18(15)28-20(22)21-19(23)13-3-5-14(27-2)6-4-13/h3-6,11-12H,7-10H2,1-2H3. The van der Waals surface area contributed by atoms with Gasteiger partial charge in [0.2, 0.25) is 0 Å². The van der Waals surface area contributed by atoms with Gasteiger partial charge in [0.25, 0.3) is 5.91 Å². The molecule has 0 saturated heterocycles. The van der Waals surface area contributed by atoms with Crippen molar-refractivity contribution in [1.82, 2.24) is 4.57 Å². The van der Waals surface area contributed by atoms with E-state index in [0.717, 1.165) is 38.9 Å². The van der Waals surface area contributed by atoms with Gasteiger partial charge in [0.1, 0.15) is 13.2 Å². The molecule has 0 fully saturated rings. The zero-order valence-corrected chi connectivity index (χ0v) is 18.1. The molecule has 0 spiro atoms. The van der Waals surface area contributed by atoms with Crippen LogP contribution in [0.4, 0.5) is 0 Å². The number of ether oxygens (including phenoxy) is 2. The first kappa shape index (κ1) is 19.4. The molecule has 0 radical (unpaired) electrons. The number of hydrogen-bond acceptors (Lipinski definition) is 6. The number of nitrogens with zero attached hydrogens (tertiary/aromatic N) is 2. The minimum Gasteiger partial charge on any atom is -0.486 e. The summed E-state index contributed by atoms with van der Waals surface area (Å²) in [4.78, 5) is 19.0. The predicted molar refractivity (Wildman–Crippen MR) is 117 cm³/mol. The molecule has 8 heteroatoms. The first-order valence-corrected chi connectivity index (χ1v) is 12.3. The maximum absolute atomic E-state index is 12.7. The first-order chi connectivity index (χ1) is 13.7. The summed E-state index contributed by atoms with van der Waals surface area (Å²) in [6.07, 6.45) is 4.09. The Morgan fingerprint density at radius 2 is 1.86 bits per heavy atom. The van der Waals surface area contributed by atoms with Gasteiger partial charge in [-0.1, -0.05) is 11.3 Å². The van der Waals surface area contributed by atoms with Crippen LogP contribution in [0.5, 0.6) is 11.5 Å². The van der Waals surface area contributed by atoms with E-state index < -0.39 is 0 Å². The third kappa shape index (κ3) is 3.94. The highest BCUT2D eigenvalue weighted by Crippen LogP contribution is 2.35. The van der Waals surface area contributed by atoms with Crippen LogP contribution in [0.2, 0.25) is 0 Å². The Kier molecular flexibility index (Phi) is 5.99. The molecule has 0 atom stereocenters. The van der Waals surface area contributed by atoms with Crippen molar-refractivity contribution in [3.05, 3.63) is 46.8 Å². The number of amides is 1. The molecular weight excluding hydrogens is 412 g/mol. The second-order valence-corrected chi connectivity index (χ2v) is 9.01. The number of thioether (sulfide) groups is 2. The molecule has 1 aliphatic rings. The van der Waals surface area contributed by atoms with E-state index in [2.05, 4.69) is 15.8 Å². The first-order valence-electron chi connectivity index (χ1n) is 8.84. The quantitative estimate of drug-likeness (QED) is 0.563. The summed E-state index contributed by atoms with van der Waals surface area (Å²) in [5.74, 6) is 2.21. The Balaban J connectivity index is 1.79. The second kappa shape index (κ2) is 8.63. The zero-order valence-electron chi connectivity index (χ0n) is 15.6. The van der Waals surface area contributed by atoms with Crippen molar-refractivity contribution in [2.24, 2.45) is 4.99 Å².